The Morgan fingerprint density at radius 3 is 3.00 bits per heavy atom. The summed E-state index contributed by atoms with van der Waals surface area (Å²) in [5, 5.41) is 8.94. The molecule has 0 spiro atoms. The van der Waals surface area contributed by atoms with Gasteiger partial charge in [-0.3, -0.25) is 4.79 Å². The van der Waals surface area contributed by atoms with E-state index in [0.29, 0.717) is 5.92 Å². The Labute approximate surface area is 114 Å². The van der Waals surface area contributed by atoms with Gasteiger partial charge in [-0.25, -0.2) is 0 Å². The molecule has 1 aliphatic rings. The summed E-state index contributed by atoms with van der Waals surface area (Å²) in [6.45, 7) is 2.27. The minimum Gasteiger partial charge on any atom is -0.468 e. The van der Waals surface area contributed by atoms with Crippen LogP contribution in [0, 0.1) is 11.8 Å². The van der Waals surface area contributed by atoms with Crippen molar-refractivity contribution in [2.75, 3.05) is 25.2 Å². The average molecular weight is 275 g/mol. The molecule has 4 nitrogen and oxygen atoms in total. The Morgan fingerprint density at radius 2 is 2.39 bits per heavy atom. The lowest BCUT2D eigenvalue weighted by molar-refractivity contribution is -0.148. The summed E-state index contributed by atoms with van der Waals surface area (Å²) in [6.07, 6.45) is 3.71. The molecule has 18 heavy (non-hydrogen) atoms. The highest BCUT2D eigenvalue weighted by atomic mass is 32.2. The molecule has 0 aromatic rings. The SMILES string of the molecule is COC(=O)C1(N)CCCC1CCSCC(C)CO. The van der Waals surface area contributed by atoms with Crippen LogP contribution < -0.4 is 5.73 Å². The van der Waals surface area contributed by atoms with Gasteiger partial charge in [-0.2, -0.15) is 11.8 Å². The second kappa shape index (κ2) is 7.36. The van der Waals surface area contributed by atoms with E-state index in [1.54, 1.807) is 0 Å². The van der Waals surface area contributed by atoms with E-state index < -0.39 is 5.54 Å². The molecule has 1 rings (SSSR count). The van der Waals surface area contributed by atoms with Crippen LogP contribution in [0.4, 0.5) is 0 Å². The van der Waals surface area contributed by atoms with Gasteiger partial charge in [0.1, 0.15) is 5.54 Å². The van der Waals surface area contributed by atoms with Crippen molar-refractivity contribution in [1.82, 2.24) is 0 Å². The Hall–Kier alpha value is -0.260. The minimum absolute atomic E-state index is 0.236. The second-order valence-corrected chi connectivity index (χ2v) is 6.42. The number of esters is 1. The largest absolute Gasteiger partial charge is 0.468 e. The normalized spacial score (nSPS) is 29.2. The molecule has 0 bridgehead atoms. The summed E-state index contributed by atoms with van der Waals surface area (Å²) in [4.78, 5) is 11.7. The molecular formula is C13H25NO3S. The van der Waals surface area contributed by atoms with Crippen LogP contribution in [0.25, 0.3) is 0 Å². The lowest BCUT2D eigenvalue weighted by atomic mass is 9.86. The molecular weight excluding hydrogens is 250 g/mol. The molecule has 1 aliphatic carbocycles. The van der Waals surface area contributed by atoms with Crippen LogP contribution in [0.15, 0.2) is 0 Å². The molecule has 106 valence electrons. The van der Waals surface area contributed by atoms with E-state index in [-0.39, 0.29) is 18.5 Å². The van der Waals surface area contributed by atoms with Gasteiger partial charge in [-0.05, 0) is 42.6 Å². The first-order valence-electron chi connectivity index (χ1n) is 6.60. The fourth-order valence-corrected chi connectivity index (χ4v) is 3.65. The van der Waals surface area contributed by atoms with E-state index in [4.69, 9.17) is 15.6 Å². The third-order valence-corrected chi connectivity index (χ3v) is 5.09. The number of rotatable bonds is 7. The third kappa shape index (κ3) is 3.87. The first kappa shape index (κ1) is 15.8. The fraction of sp³-hybridized carbons (Fsp3) is 0.923. The van der Waals surface area contributed by atoms with Gasteiger partial charge in [0.2, 0.25) is 0 Å². The first-order chi connectivity index (χ1) is 8.54. The van der Waals surface area contributed by atoms with E-state index in [1.165, 1.54) is 7.11 Å². The number of carbonyl (C=O) groups excluding carboxylic acids is 1. The number of hydrogen-bond donors (Lipinski definition) is 2. The van der Waals surface area contributed by atoms with Gasteiger partial charge in [-0.15, -0.1) is 0 Å². The van der Waals surface area contributed by atoms with Crippen molar-refractivity contribution in [3.8, 4) is 0 Å². The van der Waals surface area contributed by atoms with Gasteiger partial charge in [0, 0.05) is 6.61 Å². The highest BCUT2D eigenvalue weighted by Crippen LogP contribution is 2.37. The topological polar surface area (TPSA) is 72.5 Å². The van der Waals surface area contributed by atoms with Crippen molar-refractivity contribution in [2.24, 2.45) is 17.6 Å². The maximum absolute atomic E-state index is 11.7. The summed E-state index contributed by atoms with van der Waals surface area (Å²) in [6, 6.07) is 0. The lowest BCUT2D eigenvalue weighted by Gasteiger charge is -2.28. The molecule has 1 fully saturated rings. The van der Waals surface area contributed by atoms with Gasteiger partial charge in [0.05, 0.1) is 7.11 Å². The van der Waals surface area contributed by atoms with E-state index in [9.17, 15) is 4.79 Å². The zero-order valence-corrected chi connectivity index (χ0v) is 12.2. The summed E-state index contributed by atoms with van der Waals surface area (Å²) >= 11 is 1.83. The zero-order valence-electron chi connectivity index (χ0n) is 11.4. The van der Waals surface area contributed by atoms with Gasteiger partial charge in [0.25, 0.3) is 0 Å². The third-order valence-electron chi connectivity index (χ3n) is 3.76. The summed E-state index contributed by atoms with van der Waals surface area (Å²) in [7, 11) is 1.41. The molecule has 3 N–H and O–H groups in total. The van der Waals surface area contributed by atoms with Crippen LogP contribution in [-0.4, -0.2) is 41.8 Å². The van der Waals surface area contributed by atoms with Crippen molar-refractivity contribution >= 4 is 17.7 Å². The van der Waals surface area contributed by atoms with E-state index in [0.717, 1.165) is 37.2 Å². The first-order valence-corrected chi connectivity index (χ1v) is 7.76. The molecule has 0 aromatic carbocycles. The van der Waals surface area contributed by atoms with Crippen molar-refractivity contribution in [3.05, 3.63) is 0 Å². The Balaban J connectivity index is 2.35. The van der Waals surface area contributed by atoms with E-state index in [1.807, 2.05) is 18.7 Å². The maximum atomic E-state index is 11.7. The van der Waals surface area contributed by atoms with Crippen molar-refractivity contribution in [2.45, 2.75) is 38.1 Å². The van der Waals surface area contributed by atoms with Crippen molar-refractivity contribution < 1.29 is 14.6 Å². The smallest absolute Gasteiger partial charge is 0.326 e. The van der Waals surface area contributed by atoms with Crippen molar-refractivity contribution in [3.63, 3.8) is 0 Å². The molecule has 0 radical (unpaired) electrons. The molecule has 0 aromatic heterocycles. The number of nitrogens with two attached hydrogens (primary N) is 1. The van der Waals surface area contributed by atoms with Crippen LogP contribution >= 0.6 is 11.8 Å². The van der Waals surface area contributed by atoms with Crippen LogP contribution in [0.1, 0.15) is 32.6 Å². The molecule has 5 heteroatoms. The maximum Gasteiger partial charge on any atom is 0.326 e. The summed E-state index contributed by atoms with van der Waals surface area (Å²) in [5.41, 5.74) is 5.44. The van der Waals surface area contributed by atoms with E-state index in [2.05, 4.69) is 0 Å². The second-order valence-electron chi connectivity index (χ2n) is 5.27. The quantitative estimate of drug-likeness (QED) is 0.543. The number of hydrogen-bond acceptors (Lipinski definition) is 5. The number of thioether (sulfide) groups is 1. The summed E-state index contributed by atoms with van der Waals surface area (Å²) < 4.78 is 4.83. The Morgan fingerprint density at radius 1 is 1.67 bits per heavy atom. The average Bonchev–Trinajstić information content (AvgIpc) is 2.76. The highest BCUT2D eigenvalue weighted by molar-refractivity contribution is 7.99. The lowest BCUT2D eigenvalue weighted by Crippen LogP contribution is -2.51. The fourth-order valence-electron chi connectivity index (χ4n) is 2.53. The van der Waals surface area contributed by atoms with Crippen LogP contribution in [0.3, 0.4) is 0 Å². The number of aliphatic hydroxyl groups excluding tert-OH is 1. The molecule has 0 heterocycles. The predicted molar refractivity (Wildman–Crippen MR) is 74.5 cm³/mol. The monoisotopic (exact) mass is 275 g/mol. The van der Waals surface area contributed by atoms with E-state index >= 15 is 0 Å². The van der Waals surface area contributed by atoms with Crippen LogP contribution in [0.2, 0.25) is 0 Å². The highest BCUT2D eigenvalue weighted by Gasteiger charge is 2.46. The molecule has 0 aliphatic heterocycles. The zero-order chi connectivity index (χ0) is 13.6. The van der Waals surface area contributed by atoms with Gasteiger partial charge < -0.3 is 15.6 Å². The summed E-state index contributed by atoms with van der Waals surface area (Å²) in [5.74, 6) is 2.26. The van der Waals surface area contributed by atoms with Crippen molar-refractivity contribution in [1.29, 1.82) is 0 Å². The van der Waals surface area contributed by atoms with Gasteiger partial charge in [0.15, 0.2) is 0 Å². The van der Waals surface area contributed by atoms with Crippen LogP contribution in [-0.2, 0) is 9.53 Å². The Bertz CT molecular complexity index is 275. The standard InChI is InChI=1S/C13H25NO3S/c1-10(8-15)9-18-7-5-11-4-3-6-13(11,14)12(16)17-2/h10-11,15H,3-9,14H2,1-2H3. The number of ether oxygens (including phenoxy) is 1. The Kier molecular flexibility index (Phi) is 6.46. The molecule has 1 saturated carbocycles. The number of methoxy groups -OCH3 is 1. The van der Waals surface area contributed by atoms with Gasteiger partial charge in [-0.1, -0.05) is 13.3 Å². The number of aliphatic hydroxyl groups is 1. The predicted octanol–water partition coefficient (Wildman–Crippen LogP) is 1.41. The minimum atomic E-state index is -0.766. The number of carbonyl (C=O) groups is 1. The van der Waals surface area contributed by atoms with Gasteiger partial charge >= 0.3 is 5.97 Å². The molecule has 0 amide bonds. The molecule has 0 saturated heterocycles. The molecule has 3 unspecified atom stereocenters. The van der Waals surface area contributed by atoms with Crippen LogP contribution in [0.5, 0.6) is 0 Å². The molecule has 3 atom stereocenters.